The maximum absolute atomic E-state index is 15.6. The summed E-state index contributed by atoms with van der Waals surface area (Å²) in [6.45, 7) is 11.3. The lowest BCUT2D eigenvalue weighted by atomic mass is 9.84. The molecule has 2 saturated carbocycles. The zero-order valence-corrected chi connectivity index (χ0v) is 40.3. The molecule has 4 aliphatic rings. The molecule has 3 N–H and O–H groups in total. The molecule has 19 heteroatoms. The van der Waals surface area contributed by atoms with Gasteiger partial charge in [-0.1, -0.05) is 26.0 Å². The van der Waals surface area contributed by atoms with Crippen LogP contribution in [-0.2, 0) is 24.4 Å². The summed E-state index contributed by atoms with van der Waals surface area (Å²) in [7, 11) is -2.60. The summed E-state index contributed by atoms with van der Waals surface area (Å²) in [5.41, 5.74) is -3.22. The molecule has 0 unspecified atom stereocenters. The van der Waals surface area contributed by atoms with Gasteiger partial charge in [0.15, 0.2) is 0 Å². The Labute approximate surface area is 390 Å². The standard InChI is InChI=1S/C48H62F2N6O10S/c1-27(2)65-33-15-17-36(51-25-33)37-22-30-21-32(64-9)14-16-35(30)41(52-37)66-34-23-38-40(57)53-48(43(59)54-67(62,63)46(7)18-19-46)24-31(48)13-11-10-12-28(3)20-29(4)39(42(58)55(38)26-34)56(44(60)61)45(5,6)47(8,49)50/h11,13-17,21-22,25,27-29,31,34,38-39H,10,12,18-20,23-24,26H2,1-9H3,(H,53,57)(H,54,59)(H,60,61)/b13-11-/t28-,29+,31+,34+,38-,39-,48+/m0/s1. The number of fused-ring (bicyclic) bond motifs is 3. The summed E-state index contributed by atoms with van der Waals surface area (Å²) in [5, 5.41) is 14.8. The van der Waals surface area contributed by atoms with Crippen LogP contribution in [0, 0.1) is 17.8 Å². The minimum Gasteiger partial charge on any atom is -0.497 e. The molecular formula is C48H62F2N6O10S. The van der Waals surface area contributed by atoms with Crippen LogP contribution >= 0.6 is 0 Å². The van der Waals surface area contributed by atoms with Crippen molar-refractivity contribution < 1.29 is 55.7 Å². The minimum absolute atomic E-state index is 0.0699. The lowest BCUT2D eigenvalue weighted by Crippen LogP contribution is -2.66. The van der Waals surface area contributed by atoms with Crippen LogP contribution in [0.4, 0.5) is 13.6 Å². The summed E-state index contributed by atoms with van der Waals surface area (Å²) >= 11 is 0. The van der Waals surface area contributed by atoms with E-state index >= 15 is 13.6 Å². The topological polar surface area (TPSA) is 207 Å². The fourth-order valence-corrected chi connectivity index (χ4v) is 10.6. The van der Waals surface area contributed by atoms with Gasteiger partial charge in [-0.3, -0.25) is 29.0 Å². The monoisotopic (exact) mass is 952 g/mol. The number of carbonyl (C=O) groups is 4. The molecule has 1 saturated heterocycles. The fraction of sp³-hybridized carbons (Fsp3) is 0.583. The second kappa shape index (κ2) is 18.1. The fourth-order valence-electron chi connectivity index (χ4n) is 9.24. The van der Waals surface area contributed by atoms with Crippen LogP contribution in [0.2, 0.25) is 0 Å². The Morgan fingerprint density at radius 2 is 1.75 bits per heavy atom. The van der Waals surface area contributed by atoms with Crippen LogP contribution in [0.1, 0.15) is 100 Å². The van der Waals surface area contributed by atoms with E-state index in [9.17, 15) is 27.9 Å². The molecule has 4 heterocycles. The van der Waals surface area contributed by atoms with Crippen molar-refractivity contribution in [3.63, 3.8) is 0 Å². The molecule has 4 amide bonds. The Kier molecular flexibility index (Phi) is 13.4. The van der Waals surface area contributed by atoms with Crippen molar-refractivity contribution in [2.45, 2.75) is 146 Å². The van der Waals surface area contributed by atoms with Gasteiger partial charge in [-0.15, -0.1) is 0 Å². The van der Waals surface area contributed by atoms with Gasteiger partial charge in [0.05, 0.1) is 42.1 Å². The van der Waals surface area contributed by atoms with Crippen molar-refractivity contribution in [3.05, 3.63) is 54.7 Å². The number of allylic oxidation sites excluding steroid dienone is 1. The van der Waals surface area contributed by atoms with Crippen LogP contribution in [0.25, 0.3) is 22.2 Å². The van der Waals surface area contributed by atoms with Gasteiger partial charge in [0.2, 0.25) is 27.7 Å². The Morgan fingerprint density at radius 1 is 1.04 bits per heavy atom. The molecule has 67 heavy (non-hydrogen) atoms. The first kappa shape index (κ1) is 49.3. The number of sulfonamides is 1. The third-order valence-corrected chi connectivity index (χ3v) is 16.2. The SMILES string of the molecule is COc1ccc2c(O[C@@H]3C[C@H]4C(=O)N[C@]5(C(=O)NS(=O)(=O)C6(C)CC6)C[C@H]5/C=C\CC[C@H](C)C[C@@H](C)[C@H](N(C(=O)O)C(C)(C)C(C)(F)F)C(=O)N4C3)nc(-c3ccc(OC(C)C)cn3)cc2c1. The molecule has 2 aromatic heterocycles. The van der Waals surface area contributed by atoms with E-state index < -0.39 is 85.6 Å². The first-order valence-electron chi connectivity index (χ1n) is 22.9. The predicted molar refractivity (Wildman–Crippen MR) is 245 cm³/mol. The van der Waals surface area contributed by atoms with Crippen molar-refractivity contribution in [3.8, 4) is 28.8 Å². The van der Waals surface area contributed by atoms with Crippen molar-refractivity contribution >= 4 is 44.6 Å². The van der Waals surface area contributed by atoms with E-state index in [1.807, 2.05) is 26.8 Å². The van der Waals surface area contributed by atoms with E-state index in [4.69, 9.17) is 19.2 Å². The second-order valence-corrected chi connectivity index (χ2v) is 22.1. The second-order valence-electron chi connectivity index (χ2n) is 20.0. The molecule has 3 fully saturated rings. The number of rotatable bonds is 12. The summed E-state index contributed by atoms with van der Waals surface area (Å²) in [6.07, 6.45) is 4.30. The molecule has 2 aliphatic carbocycles. The van der Waals surface area contributed by atoms with E-state index in [0.29, 0.717) is 71.2 Å². The van der Waals surface area contributed by atoms with Gasteiger partial charge in [0, 0.05) is 24.6 Å². The highest BCUT2D eigenvalue weighted by atomic mass is 32.2. The smallest absolute Gasteiger partial charge is 0.408 e. The zero-order chi connectivity index (χ0) is 49.0. The molecular weight excluding hydrogens is 891 g/mol. The van der Waals surface area contributed by atoms with Crippen LogP contribution < -0.4 is 24.2 Å². The Hall–Kier alpha value is -5.59. The van der Waals surface area contributed by atoms with E-state index in [1.165, 1.54) is 14.0 Å². The number of hydrogen-bond donors (Lipinski definition) is 3. The van der Waals surface area contributed by atoms with Gasteiger partial charge in [-0.05, 0) is 127 Å². The third-order valence-electron chi connectivity index (χ3n) is 14.0. The lowest BCUT2D eigenvalue weighted by molar-refractivity contribution is -0.156. The number of alkyl halides is 2. The Bertz CT molecular complexity index is 2550. The number of hydrogen-bond acceptors (Lipinski definition) is 11. The summed E-state index contributed by atoms with van der Waals surface area (Å²) in [6, 6.07) is 7.42. The number of benzene rings is 1. The van der Waals surface area contributed by atoms with Crippen molar-refractivity contribution in [1.29, 1.82) is 0 Å². The molecule has 364 valence electrons. The molecule has 1 aromatic carbocycles. The van der Waals surface area contributed by atoms with E-state index in [-0.39, 0.29) is 43.7 Å². The van der Waals surface area contributed by atoms with Gasteiger partial charge in [-0.25, -0.2) is 27.0 Å². The molecule has 0 bridgehead atoms. The third kappa shape index (κ3) is 9.88. The predicted octanol–water partition coefficient (Wildman–Crippen LogP) is 7.11. The minimum atomic E-state index is -4.12. The Morgan fingerprint density at radius 3 is 2.36 bits per heavy atom. The quantitative estimate of drug-likeness (QED) is 0.155. The molecule has 0 spiro atoms. The number of nitrogens with one attached hydrogen (secondary N) is 2. The van der Waals surface area contributed by atoms with Gasteiger partial charge < -0.3 is 29.5 Å². The van der Waals surface area contributed by atoms with Crippen molar-refractivity contribution in [1.82, 2.24) is 29.8 Å². The number of nitrogens with zero attached hydrogens (tertiary/aromatic N) is 4. The number of methoxy groups -OCH3 is 1. The van der Waals surface area contributed by atoms with Crippen LogP contribution in [0.15, 0.2) is 54.7 Å². The van der Waals surface area contributed by atoms with E-state index in [1.54, 1.807) is 55.6 Å². The van der Waals surface area contributed by atoms with Crippen molar-refractivity contribution in [2.75, 3.05) is 13.7 Å². The summed E-state index contributed by atoms with van der Waals surface area (Å²) < 4.78 is 76.9. The number of carbonyl (C=O) groups excluding carboxylic acids is 3. The summed E-state index contributed by atoms with van der Waals surface area (Å²) in [5.74, 6) is -6.60. The van der Waals surface area contributed by atoms with E-state index in [0.717, 1.165) is 18.7 Å². The van der Waals surface area contributed by atoms with Crippen molar-refractivity contribution in [2.24, 2.45) is 17.8 Å². The number of pyridine rings is 2. The normalized spacial score (nSPS) is 27.1. The number of amides is 4. The average molecular weight is 953 g/mol. The molecule has 0 radical (unpaired) electrons. The van der Waals surface area contributed by atoms with Crippen LogP contribution in [0.3, 0.4) is 0 Å². The van der Waals surface area contributed by atoms with Crippen LogP contribution in [0.5, 0.6) is 17.4 Å². The van der Waals surface area contributed by atoms with Gasteiger partial charge in [0.25, 0.3) is 11.8 Å². The van der Waals surface area contributed by atoms with Crippen LogP contribution in [-0.4, -0.2) is 117 Å². The largest absolute Gasteiger partial charge is 0.497 e. The highest BCUT2D eigenvalue weighted by molar-refractivity contribution is 7.91. The maximum Gasteiger partial charge on any atom is 0.408 e. The maximum atomic E-state index is 15.6. The molecule has 16 nitrogen and oxygen atoms in total. The van der Waals surface area contributed by atoms with E-state index in [2.05, 4.69) is 15.0 Å². The Balaban J connectivity index is 1.31. The molecule has 7 atom stereocenters. The first-order valence-corrected chi connectivity index (χ1v) is 24.3. The molecule has 2 aliphatic heterocycles. The lowest BCUT2D eigenvalue weighted by Gasteiger charge is -2.47. The highest BCUT2D eigenvalue weighted by Crippen LogP contribution is 2.48. The number of halogens is 2. The highest BCUT2D eigenvalue weighted by Gasteiger charge is 2.63. The summed E-state index contributed by atoms with van der Waals surface area (Å²) in [4.78, 5) is 68.8. The molecule has 7 rings (SSSR count). The van der Waals surface area contributed by atoms with Gasteiger partial charge in [-0.2, -0.15) is 0 Å². The number of carboxylic acid groups (broad SMARTS) is 1. The average Bonchev–Trinajstić information content (AvgIpc) is 4.13. The number of aromatic nitrogens is 2. The molecule has 3 aromatic rings. The number of ether oxygens (including phenoxy) is 3. The van der Waals surface area contributed by atoms with Gasteiger partial charge >= 0.3 is 6.09 Å². The van der Waals surface area contributed by atoms with Gasteiger partial charge in [0.1, 0.15) is 40.8 Å². The first-order chi connectivity index (χ1) is 31.3. The zero-order valence-electron chi connectivity index (χ0n) is 39.5.